The van der Waals surface area contributed by atoms with Gasteiger partial charge in [0.15, 0.2) is 0 Å². The molecule has 1 aliphatic heterocycles. The summed E-state index contributed by atoms with van der Waals surface area (Å²) in [6.07, 6.45) is 3.57. The van der Waals surface area contributed by atoms with Crippen LogP contribution in [-0.4, -0.2) is 29.2 Å². The number of nitrogens with zero attached hydrogens (tertiary/aromatic N) is 1. The van der Waals surface area contributed by atoms with Crippen LogP contribution in [0.3, 0.4) is 0 Å². The number of para-hydroxylation sites is 1. The van der Waals surface area contributed by atoms with Crippen molar-refractivity contribution in [1.82, 2.24) is 4.90 Å². The number of thioether (sulfide) groups is 1. The number of hydrogen-bond acceptors (Lipinski definition) is 4. The Balaban J connectivity index is 1.62. The number of amides is 2. The van der Waals surface area contributed by atoms with Gasteiger partial charge in [0.2, 0.25) is 0 Å². The second-order valence-corrected chi connectivity index (χ2v) is 7.34. The van der Waals surface area contributed by atoms with Crippen molar-refractivity contribution >= 4 is 44.9 Å². The van der Waals surface area contributed by atoms with Crippen molar-refractivity contribution < 1.29 is 14.3 Å². The molecule has 26 heavy (non-hydrogen) atoms. The topological polar surface area (TPSA) is 46.6 Å². The van der Waals surface area contributed by atoms with E-state index in [2.05, 4.69) is 15.9 Å². The number of benzene rings is 2. The Morgan fingerprint density at radius 3 is 2.38 bits per heavy atom. The molecular weight excluding hydrogens is 414 g/mol. The fourth-order valence-electron chi connectivity index (χ4n) is 2.34. The summed E-state index contributed by atoms with van der Waals surface area (Å²) in [5.74, 6) is 0.415. The van der Waals surface area contributed by atoms with Gasteiger partial charge in [-0.2, -0.15) is 0 Å². The van der Waals surface area contributed by atoms with Crippen LogP contribution in [0.2, 0.25) is 0 Å². The minimum absolute atomic E-state index is 0.219. The summed E-state index contributed by atoms with van der Waals surface area (Å²) in [5, 5.41) is -0.280. The molecule has 4 nitrogen and oxygen atoms in total. The van der Waals surface area contributed by atoms with Crippen molar-refractivity contribution in [2.24, 2.45) is 0 Å². The summed E-state index contributed by atoms with van der Waals surface area (Å²) in [7, 11) is 0. The molecule has 0 aromatic heterocycles. The summed E-state index contributed by atoms with van der Waals surface area (Å²) in [5.41, 5.74) is 1.01. The van der Waals surface area contributed by atoms with Gasteiger partial charge in [-0.15, -0.1) is 0 Å². The third-order valence-corrected chi connectivity index (χ3v) is 4.94. The number of allylic oxidation sites excluding steroid dienone is 2. The van der Waals surface area contributed by atoms with Crippen LogP contribution < -0.4 is 4.74 Å². The zero-order chi connectivity index (χ0) is 18.4. The number of carbonyl (C=O) groups is 2. The lowest BCUT2D eigenvalue weighted by Crippen LogP contribution is -2.32. The average Bonchev–Trinajstić information content (AvgIpc) is 2.90. The molecule has 0 aliphatic carbocycles. The molecule has 0 saturated carbocycles. The molecule has 0 unspecified atom stereocenters. The number of rotatable bonds is 6. The first kappa shape index (κ1) is 18.5. The van der Waals surface area contributed by atoms with Gasteiger partial charge in [-0.05, 0) is 41.6 Å². The Bertz CT molecular complexity index is 850. The molecule has 2 aromatic carbocycles. The zero-order valence-electron chi connectivity index (χ0n) is 13.8. The Morgan fingerprint density at radius 1 is 1.04 bits per heavy atom. The van der Waals surface area contributed by atoms with Crippen molar-refractivity contribution in [3.63, 3.8) is 0 Å². The lowest BCUT2D eigenvalue weighted by molar-refractivity contribution is -0.123. The standard InChI is InChI=1S/C20H16BrNO3S/c21-16(13-15-7-3-1-4-8-15)14-18-19(23)22(20(24)26-18)11-12-25-17-9-5-2-6-10-17/h1-10,13-14H,11-12H2/b16-13-,18-14-. The predicted octanol–water partition coefficient (Wildman–Crippen LogP) is 5.08. The number of hydrogen-bond donors (Lipinski definition) is 0. The maximum atomic E-state index is 12.5. The summed E-state index contributed by atoms with van der Waals surface area (Å²) < 4.78 is 6.30. The summed E-state index contributed by atoms with van der Waals surface area (Å²) in [6.45, 7) is 0.479. The van der Waals surface area contributed by atoms with E-state index in [0.29, 0.717) is 10.7 Å². The normalized spacial score (nSPS) is 16.4. The van der Waals surface area contributed by atoms with E-state index in [1.807, 2.05) is 66.7 Å². The van der Waals surface area contributed by atoms with Gasteiger partial charge >= 0.3 is 0 Å². The Kier molecular flexibility index (Phi) is 6.30. The highest BCUT2D eigenvalue weighted by Gasteiger charge is 2.34. The quantitative estimate of drug-likeness (QED) is 0.600. The smallest absolute Gasteiger partial charge is 0.293 e. The Hall–Kier alpha value is -2.31. The number of ether oxygens (including phenoxy) is 1. The van der Waals surface area contributed by atoms with Crippen LogP contribution in [0.1, 0.15) is 5.56 Å². The third-order valence-electron chi connectivity index (χ3n) is 3.57. The summed E-state index contributed by atoms with van der Waals surface area (Å²) in [4.78, 5) is 26.2. The number of halogens is 1. The molecule has 2 aromatic rings. The van der Waals surface area contributed by atoms with Crippen LogP contribution in [0.4, 0.5) is 4.79 Å². The minimum atomic E-state index is -0.296. The van der Waals surface area contributed by atoms with Gasteiger partial charge in [-0.3, -0.25) is 14.5 Å². The monoisotopic (exact) mass is 429 g/mol. The number of carbonyl (C=O) groups excluding carboxylic acids is 2. The van der Waals surface area contributed by atoms with E-state index in [0.717, 1.165) is 21.8 Å². The SMILES string of the molecule is O=C1S/C(=C\C(Br)=C\c2ccccc2)C(=O)N1CCOc1ccccc1. The second kappa shape index (κ2) is 8.87. The maximum Gasteiger partial charge on any atom is 0.293 e. The maximum absolute atomic E-state index is 12.5. The highest BCUT2D eigenvalue weighted by atomic mass is 79.9. The van der Waals surface area contributed by atoms with Crippen LogP contribution in [0.15, 0.2) is 76.1 Å². The molecule has 0 spiro atoms. The van der Waals surface area contributed by atoms with Crippen molar-refractivity contribution in [3.8, 4) is 5.75 Å². The van der Waals surface area contributed by atoms with Gasteiger partial charge < -0.3 is 4.74 Å². The van der Waals surface area contributed by atoms with Crippen LogP contribution in [0, 0.1) is 0 Å². The van der Waals surface area contributed by atoms with E-state index >= 15 is 0 Å². The van der Waals surface area contributed by atoms with Gasteiger partial charge in [0.25, 0.3) is 11.1 Å². The molecular formula is C20H16BrNO3S. The highest BCUT2D eigenvalue weighted by Crippen LogP contribution is 2.32. The van der Waals surface area contributed by atoms with Crippen LogP contribution in [0.5, 0.6) is 5.75 Å². The molecule has 1 heterocycles. The first-order valence-corrected chi connectivity index (χ1v) is 9.60. The van der Waals surface area contributed by atoms with E-state index < -0.39 is 0 Å². The molecule has 6 heteroatoms. The van der Waals surface area contributed by atoms with Crippen molar-refractivity contribution in [2.45, 2.75) is 0 Å². The van der Waals surface area contributed by atoms with Gasteiger partial charge in [-0.25, -0.2) is 0 Å². The summed E-state index contributed by atoms with van der Waals surface area (Å²) in [6, 6.07) is 19.0. The van der Waals surface area contributed by atoms with Crippen LogP contribution in [0.25, 0.3) is 6.08 Å². The van der Waals surface area contributed by atoms with Crippen LogP contribution >= 0.6 is 27.7 Å². The summed E-state index contributed by atoms with van der Waals surface area (Å²) >= 11 is 4.38. The Labute approximate surface area is 164 Å². The fourth-order valence-corrected chi connectivity index (χ4v) is 3.84. The molecule has 0 N–H and O–H groups in total. The lowest BCUT2D eigenvalue weighted by Gasteiger charge is -2.13. The minimum Gasteiger partial charge on any atom is -0.492 e. The lowest BCUT2D eigenvalue weighted by atomic mass is 10.2. The molecule has 0 radical (unpaired) electrons. The van der Waals surface area contributed by atoms with Gasteiger partial charge in [0.05, 0.1) is 11.4 Å². The van der Waals surface area contributed by atoms with E-state index in [-0.39, 0.29) is 24.3 Å². The third kappa shape index (κ3) is 4.86. The van der Waals surface area contributed by atoms with E-state index in [1.165, 1.54) is 4.90 Å². The van der Waals surface area contributed by atoms with E-state index in [9.17, 15) is 9.59 Å². The molecule has 3 rings (SSSR count). The van der Waals surface area contributed by atoms with Crippen molar-refractivity contribution in [2.75, 3.05) is 13.2 Å². The van der Waals surface area contributed by atoms with E-state index in [1.54, 1.807) is 6.08 Å². The van der Waals surface area contributed by atoms with Gasteiger partial charge in [0, 0.05) is 4.48 Å². The van der Waals surface area contributed by atoms with Crippen LogP contribution in [-0.2, 0) is 4.79 Å². The molecule has 2 amide bonds. The molecule has 1 aliphatic rings. The zero-order valence-corrected chi connectivity index (χ0v) is 16.2. The van der Waals surface area contributed by atoms with Crippen molar-refractivity contribution in [1.29, 1.82) is 0 Å². The second-order valence-electron chi connectivity index (χ2n) is 5.43. The average molecular weight is 430 g/mol. The van der Waals surface area contributed by atoms with Crippen molar-refractivity contribution in [3.05, 3.63) is 81.7 Å². The fraction of sp³-hybridized carbons (Fsp3) is 0.100. The Morgan fingerprint density at radius 2 is 1.69 bits per heavy atom. The molecule has 0 bridgehead atoms. The van der Waals surface area contributed by atoms with Gasteiger partial charge in [0.1, 0.15) is 12.4 Å². The van der Waals surface area contributed by atoms with E-state index in [4.69, 9.17) is 4.74 Å². The first-order valence-electron chi connectivity index (χ1n) is 7.99. The molecule has 0 atom stereocenters. The predicted molar refractivity (Wildman–Crippen MR) is 108 cm³/mol. The van der Waals surface area contributed by atoms with Gasteiger partial charge in [-0.1, -0.05) is 64.5 Å². The molecule has 1 fully saturated rings. The highest BCUT2D eigenvalue weighted by molar-refractivity contribution is 9.12. The largest absolute Gasteiger partial charge is 0.492 e. The first-order chi connectivity index (χ1) is 12.6. The number of imide groups is 1. The molecule has 132 valence electrons. The molecule has 1 saturated heterocycles.